The van der Waals surface area contributed by atoms with E-state index in [1.165, 1.54) is 21.8 Å². The zero-order valence-electron chi connectivity index (χ0n) is 12.1. The second-order valence-electron chi connectivity index (χ2n) is 4.96. The van der Waals surface area contributed by atoms with E-state index in [0.717, 1.165) is 17.7 Å². The average Bonchev–Trinajstić information content (AvgIpc) is 3.06. The van der Waals surface area contributed by atoms with E-state index in [-0.39, 0.29) is 12.7 Å². The molecule has 0 saturated heterocycles. The highest BCUT2D eigenvalue weighted by Gasteiger charge is 2.16. The zero-order valence-corrected chi connectivity index (χ0v) is 12.9. The van der Waals surface area contributed by atoms with Crippen LogP contribution in [0.3, 0.4) is 0 Å². The summed E-state index contributed by atoms with van der Waals surface area (Å²) in [5.74, 6) is 1.30. The number of fused-ring (bicyclic) bond motifs is 1. The van der Waals surface area contributed by atoms with E-state index in [1.54, 1.807) is 12.1 Å². The molecule has 1 aliphatic rings. The van der Waals surface area contributed by atoms with Crippen molar-refractivity contribution in [3.8, 4) is 11.5 Å². The maximum absolute atomic E-state index is 12.3. The maximum atomic E-state index is 12.3. The lowest BCUT2D eigenvalue weighted by atomic mass is 10.1. The van der Waals surface area contributed by atoms with Crippen LogP contribution < -0.4 is 14.8 Å². The van der Waals surface area contributed by atoms with Crippen LogP contribution in [0.5, 0.6) is 11.5 Å². The molecule has 0 atom stereocenters. The summed E-state index contributed by atoms with van der Waals surface area (Å²) < 4.78 is 10.6. The lowest BCUT2D eigenvalue weighted by Gasteiger charge is -2.04. The van der Waals surface area contributed by atoms with Gasteiger partial charge >= 0.3 is 0 Å². The highest BCUT2D eigenvalue weighted by Crippen LogP contribution is 2.34. The van der Waals surface area contributed by atoms with E-state index in [9.17, 15) is 4.79 Å². The topological polar surface area (TPSA) is 47.6 Å². The van der Waals surface area contributed by atoms with Gasteiger partial charge in [0.2, 0.25) is 6.79 Å². The van der Waals surface area contributed by atoms with Crippen molar-refractivity contribution < 1.29 is 14.3 Å². The molecule has 21 heavy (non-hydrogen) atoms. The van der Waals surface area contributed by atoms with E-state index in [2.05, 4.69) is 19.2 Å². The van der Waals surface area contributed by atoms with Gasteiger partial charge in [0.1, 0.15) is 0 Å². The molecule has 0 unspecified atom stereocenters. The number of hydrogen-bond donors (Lipinski definition) is 1. The van der Waals surface area contributed by atoms with Crippen molar-refractivity contribution >= 4 is 22.9 Å². The number of amides is 1. The molecule has 1 aromatic carbocycles. The van der Waals surface area contributed by atoms with Crippen molar-refractivity contribution in [1.29, 1.82) is 0 Å². The minimum absolute atomic E-state index is 0.0793. The van der Waals surface area contributed by atoms with Gasteiger partial charge in [-0.1, -0.05) is 13.3 Å². The molecule has 1 aliphatic heterocycles. The third-order valence-corrected chi connectivity index (χ3v) is 4.49. The molecule has 3 rings (SSSR count). The largest absolute Gasteiger partial charge is 0.454 e. The van der Waals surface area contributed by atoms with Gasteiger partial charge in [0.15, 0.2) is 11.5 Å². The molecule has 4 nitrogen and oxygen atoms in total. The molecule has 0 fully saturated rings. The fourth-order valence-corrected chi connectivity index (χ4v) is 3.28. The highest BCUT2D eigenvalue weighted by atomic mass is 32.1. The quantitative estimate of drug-likeness (QED) is 0.929. The van der Waals surface area contributed by atoms with Gasteiger partial charge in [0.05, 0.1) is 4.88 Å². The number of hydrogen-bond acceptors (Lipinski definition) is 4. The summed E-state index contributed by atoms with van der Waals surface area (Å²) in [5.41, 5.74) is 1.98. The zero-order chi connectivity index (χ0) is 14.8. The Morgan fingerprint density at radius 1 is 1.29 bits per heavy atom. The van der Waals surface area contributed by atoms with Gasteiger partial charge in [-0.3, -0.25) is 4.79 Å². The predicted molar refractivity (Wildman–Crippen MR) is 83.6 cm³/mol. The van der Waals surface area contributed by atoms with E-state index in [4.69, 9.17) is 9.47 Å². The Bertz CT molecular complexity index is 678. The lowest BCUT2D eigenvalue weighted by molar-refractivity contribution is 0.103. The van der Waals surface area contributed by atoms with Gasteiger partial charge < -0.3 is 14.8 Å². The SMILES string of the molecule is CCCc1cc(C(=O)Nc2ccc3c(c2)OCO3)sc1C. The molecule has 0 radical (unpaired) electrons. The number of benzene rings is 1. The number of nitrogens with one attached hydrogen (secondary N) is 1. The monoisotopic (exact) mass is 303 g/mol. The highest BCUT2D eigenvalue weighted by molar-refractivity contribution is 7.14. The Balaban J connectivity index is 1.75. The average molecular weight is 303 g/mol. The molecular weight excluding hydrogens is 286 g/mol. The molecule has 2 heterocycles. The van der Waals surface area contributed by atoms with Crippen molar-refractivity contribution in [2.45, 2.75) is 26.7 Å². The van der Waals surface area contributed by atoms with Crippen LogP contribution in [0, 0.1) is 6.92 Å². The van der Waals surface area contributed by atoms with E-state index in [1.807, 2.05) is 12.1 Å². The summed E-state index contributed by atoms with van der Waals surface area (Å²) in [4.78, 5) is 14.3. The molecule has 0 spiro atoms. The Labute approximate surface area is 127 Å². The van der Waals surface area contributed by atoms with Crippen molar-refractivity contribution in [2.24, 2.45) is 0 Å². The molecule has 1 aromatic heterocycles. The van der Waals surface area contributed by atoms with E-state index in [0.29, 0.717) is 17.2 Å². The van der Waals surface area contributed by atoms with E-state index >= 15 is 0 Å². The first-order valence-corrected chi connectivity index (χ1v) is 7.79. The second-order valence-corrected chi connectivity index (χ2v) is 6.22. The first kappa shape index (κ1) is 13.9. The molecular formula is C16H17NO3S. The third-order valence-electron chi connectivity index (χ3n) is 3.39. The lowest BCUT2D eigenvalue weighted by Crippen LogP contribution is -2.10. The van der Waals surface area contributed by atoms with Gasteiger partial charge in [-0.25, -0.2) is 0 Å². The third kappa shape index (κ3) is 2.88. The number of ether oxygens (including phenoxy) is 2. The summed E-state index contributed by atoms with van der Waals surface area (Å²) in [6.45, 7) is 4.44. The van der Waals surface area contributed by atoms with E-state index < -0.39 is 0 Å². The van der Waals surface area contributed by atoms with Gasteiger partial charge in [-0.05, 0) is 37.1 Å². The molecule has 1 amide bonds. The Morgan fingerprint density at radius 2 is 2.10 bits per heavy atom. The summed E-state index contributed by atoms with van der Waals surface area (Å²) in [7, 11) is 0. The van der Waals surface area contributed by atoms with Gasteiger partial charge in [0.25, 0.3) is 5.91 Å². The fourth-order valence-electron chi connectivity index (χ4n) is 2.32. The van der Waals surface area contributed by atoms with Gasteiger partial charge in [-0.2, -0.15) is 0 Å². The van der Waals surface area contributed by atoms with Crippen LogP contribution in [0.25, 0.3) is 0 Å². The predicted octanol–water partition coefficient (Wildman–Crippen LogP) is 3.99. The van der Waals surface area contributed by atoms with Crippen molar-refractivity contribution in [3.05, 3.63) is 39.6 Å². The number of carbonyl (C=O) groups is 1. The molecule has 5 heteroatoms. The minimum atomic E-state index is -0.0793. The van der Waals surface area contributed by atoms with Gasteiger partial charge in [0, 0.05) is 16.6 Å². The Morgan fingerprint density at radius 3 is 2.90 bits per heavy atom. The summed E-state index contributed by atoms with van der Waals surface area (Å²) in [6, 6.07) is 7.40. The van der Waals surface area contributed by atoms with Crippen LogP contribution in [-0.4, -0.2) is 12.7 Å². The molecule has 1 N–H and O–H groups in total. The minimum Gasteiger partial charge on any atom is -0.454 e. The van der Waals surface area contributed by atoms with Crippen molar-refractivity contribution in [3.63, 3.8) is 0 Å². The van der Waals surface area contributed by atoms with Crippen LogP contribution in [0.4, 0.5) is 5.69 Å². The fraction of sp³-hybridized carbons (Fsp3) is 0.312. The number of rotatable bonds is 4. The molecule has 2 aromatic rings. The summed E-state index contributed by atoms with van der Waals surface area (Å²) >= 11 is 1.54. The van der Waals surface area contributed by atoms with Gasteiger partial charge in [-0.15, -0.1) is 11.3 Å². The number of anilines is 1. The summed E-state index contributed by atoms with van der Waals surface area (Å²) in [6.07, 6.45) is 2.10. The number of thiophene rings is 1. The van der Waals surface area contributed by atoms with Crippen LogP contribution in [0.2, 0.25) is 0 Å². The number of carbonyl (C=O) groups excluding carboxylic acids is 1. The van der Waals surface area contributed by atoms with Crippen molar-refractivity contribution in [2.75, 3.05) is 12.1 Å². The number of aryl methyl sites for hydroxylation is 2. The second kappa shape index (κ2) is 5.77. The smallest absolute Gasteiger partial charge is 0.265 e. The van der Waals surface area contributed by atoms with Crippen LogP contribution in [-0.2, 0) is 6.42 Å². The molecule has 0 bridgehead atoms. The Hall–Kier alpha value is -2.01. The standard InChI is InChI=1S/C16H17NO3S/c1-3-4-11-7-15(21-10(11)2)16(18)17-12-5-6-13-14(8-12)20-9-19-13/h5-8H,3-4,9H2,1-2H3,(H,17,18). The van der Waals surface area contributed by atoms with Crippen LogP contribution >= 0.6 is 11.3 Å². The molecule has 0 aliphatic carbocycles. The first-order valence-electron chi connectivity index (χ1n) is 6.97. The van der Waals surface area contributed by atoms with Crippen molar-refractivity contribution in [1.82, 2.24) is 0 Å². The normalized spacial score (nSPS) is 12.5. The van der Waals surface area contributed by atoms with Crippen LogP contribution in [0.1, 0.15) is 33.5 Å². The van der Waals surface area contributed by atoms with Crippen LogP contribution in [0.15, 0.2) is 24.3 Å². The molecule has 0 saturated carbocycles. The summed E-state index contributed by atoms with van der Waals surface area (Å²) in [5, 5.41) is 2.91. The Kier molecular flexibility index (Phi) is 3.84. The maximum Gasteiger partial charge on any atom is 0.265 e. The first-order chi connectivity index (χ1) is 10.2. The molecule has 110 valence electrons.